The Morgan fingerprint density at radius 3 is 2.82 bits per heavy atom. The molecule has 17 heavy (non-hydrogen) atoms. The molecule has 2 atom stereocenters. The van der Waals surface area contributed by atoms with Crippen molar-refractivity contribution in [3.63, 3.8) is 0 Å². The second kappa shape index (κ2) is 4.94. The van der Waals surface area contributed by atoms with Crippen molar-refractivity contribution < 1.29 is 5.11 Å². The van der Waals surface area contributed by atoms with E-state index in [2.05, 4.69) is 11.1 Å². The minimum Gasteiger partial charge on any atom is -0.387 e. The molecule has 2 rings (SSSR count). The summed E-state index contributed by atoms with van der Waals surface area (Å²) < 4.78 is 0. The summed E-state index contributed by atoms with van der Waals surface area (Å²) >= 11 is 0. The fourth-order valence-corrected chi connectivity index (χ4v) is 1.98. The number of pyridine rings is 1. The van der Waals surface area contributed by atoms with Crippen LogP contribution in [0.2, 0.25) is 0 Å². The zero-order chi connectivity index (χ0) is 12.3. The largest absolute Gasteiger partial charge is 0.387 e. The molecule has 1 aromatic heterocycles. The van der Waals surface area contributed by atoms with Gasteiger partial charge >= 0.3 is 0 Å². The van der Waals surface area contributed by atoms with Crippen LogP contribution in [0.15, 0.2) is 36.7 Å². The van der Waals surface area contributed by atoms with Crippen molar-refractivity contribution in [3.8, 4) is 6.07 Å². The summed E-state index contributed by atoms with van der Waals surface area (Å²) in [5, 5.41) is 21.2. The van der Waals surface area contributed by atoms with Gasteiger partial charge in [0.05, 0.1) is 18.1 Å². The summed E-state index contributed by atoms with van der Waals surface area (Å²) in [4.78, 5) is 4.12. The highest BCUT2D eigenvalue weighted by Crippen LogP contribution is 2.29. The first-order chi connectivity index (χ1) is 8.27. The molecule has 2 unspecified atom stereocenters. The minimum atomic E-state index is -0.774. The molecule has 0 amide bonds. The van der Waals surface area contributed by atoms with Crippen LogP contribution in [0.1, 0.15) is 25.0 Å². The lowest BCUT2D eigenvalue weighted by molar-refractivity contribution is 0.134. The maximum Gasteiger partial charge on any atom is 0.0968 e. The van der Waals surface area contributed by atoms with Crippen LogP contribution in [0.3, 0.4) is 0 Å². The van der Waals surface area contributed by atoms with Gasteiger partial charge in [-0.15, -0.1) is 0 Å². The Labute approximate surface area is 100 Å². The van der Waals surface area contributed by atoms with Gasteiger partial charge < -0.3 is 5.11 Å². The van der Waals surface area contributed by atoms with E-state index >= 15 is 0 Å². The topological polar surface area (TPSA) is 56.9 Å². The van der Waals surface area contributed by atoms with E-state index in [9.17, 15) is 5.11 Å². The second-order valence-corrected chi connectivity index (χ2v) is 4.04. The molecule has 0 bridgehead atoms. The third kappa shape index (κ3) is 2.13. The lowest BCUT2D eigenvalue weighted by Crippen LogP contribution is -2.10. The molecular weight excluding hydrogens is 212 g/mol. The summed E-state index contributed by atoms with van der Waals surface area (Å²) in [5.41, 5.74) is 0.733. The summed E-state index contributed by atoms with van der Waals surface area (Å²) in [6.45, 7) is 1.90. The zero-order valence-electron chi connectivity index (χ0n) is 9.67. The number of aliphatic hydroxyl groups is 1. The Morgan fingerprint density at radius 2 is 2.12 bits per heavy atom. The van der Waals surface area contributed by atoms with E-state index in [1.165, 1.54) is 0 Å². The molecule has 1 N–H and O–H groups in total. The molecule has 2 aromatic rings. The summed E-state index contributed by atoms with van der Waals surface area (Å²) in [6.07, 6.45) is 3.26. The average molecular weight is 226 g/mol. The molecule has 0 saturated heterocycles. The number of nitrogens with zero attached hydrogens (tertiary/aromatic N) is 2. The van der Waals surface area contributed by atoms with E-state index in [0.29, 0.717) is 6.42 Å². The number of aromatic nitrogens is 1. The summed E-state index contributed by atoms with van der Waals surface area (Å²) in [6, 6.07) is 9.89. The first-order valence-electron chi connectivity index (χ1n) is 5.68. The molecule has 0 aliphatic rings. The molecule has 0 spiro atoms. The highest BCUT2D eigenvalue weighted by atomic mass is 16.3. The third-order valence-corrected chi connectivity index (χ3v) is 3.00. The van der Waals surface area contributed by atoms with Gasteiger partial charge in [-0.3, -0.25) is 4.98 Å². The number of aliphatic hydroxyl groups excluding tert-OH is 1. The predicted octanol–water partition coefficient (Wildman–Crippen LogP) is 2.82. The Morgan fingerprint density at radius 1 is 1.35 bits per heavy atom. The van der Waals surface area contributed by atoms with Crippen molar-refractivity contribution in [1.29, 1.82) is 5.26 Å². The maximum absolute atomic E-state index is 10.2. The SMILES string of the molecule is CCC(C#N)C(O)c1cncc2ccccc12. The molecule has 86 valence electrons. The van der Waals surface area contributed by atoms with Gasteiger partial charge in [0.1, 0.15) is 0 Å². The second-order valence-electron chi connectivity index (χ2n) is 4.04. The van der Waals surface area contributed by atoms with Crippen LogP contribution < -0.4 is 0 Å². The molecule has 3 heteroatoms. The number of rotatable bonds is 3. The van der Waals surface area contributed by atoms with Gasteiger partial charge in [-0.05, 0) is 11.8 Å². The molecule has 0 aliphatic heterocycles. The Balaban J connectivity index is 2.52. The van der Waals surface area contributed by atoms with Gasteiger partial charge in [0.2, 0.25) is 0 Å². The van der Waals surface area contributed by atoms with Crippen molar-refractivity contribution in [2.75, 3.05) is 0 Å². The molecule has 1 aromatic carbocycles. The van der Waals surface area contributed by atoms with E-state index in [1.54, 1.807) is 12.4 Å². The molecule has 1 heterocycles. The van der Waals surface area contributed by atoms with Gasteiger partial charge in [0.25, 0.3) is 0 Å². The molecule has 0 radical (unpaired) electrons. The predicted molar refractivity (Wildman–Crippen MR) is 66.1 cm³/mol. The quantitative estimate of drug-likeness (QED) is 0.875. The highest BCUT2D eigenvalue weighted by molar-refractivity contribution is 5.84. The average Bonchev–Trinajstić information content (AvgIpc) is 2.39. The summed E-state index contributed by atoms with van der Waals surface area (Å²) in [5.74, 6) is -0.386. The van der Waals surface area contributed by atoms with Crippen LogP contribution in [0.4, 0.5) is 0 Å². The van der Waals surface area contributed by atoms with Gasteiger partial charge in [0.15, 0.2) is 0 Å². The van der Waals surface area contributed by atoms with Crippen LogP contribution in [0.25, 0.3) is 10.8 Å². The fraction of sp³-hybridized carbons (Fsp3) is 0.286. The lowest BCUT2D eigenvalue weighted by Gasteiger charge is -2.16. The molecule has 0 fully saturated rings. The summed E-state index contributed by atoms with van der Waals surface area (Å²) in [7, 11) is 0. The van der Waals surface area contributed by atoms with E-state index in [-0.39, 0.29) is 5.92 Å². The van der Waals surface area contributed by atoms with E-state index < -0.39 is 6.10 Å². The van der Waals surface area contributed by atoms with Crippen molar-refractivity contribution >= 4 is 10.8 Å². The van der Waals surface area contributed by atoms with E-state index in [0.717, 1.165) is 16.3 Å². The van der Waals surface area contributed by atoms with Crippen molar-refractivity contribution in [2.45, 2.75) is 19.4 Å². The molecular formula is C14H14N2O. The normalized spacial score (nSPS) is 14.2. The van der Waals surface area contributed by atoms with Crippen LogP contribution in [0.5, 0.6) is 0 Å². The number of nitriles is 1. The fourth-order valence-electron chi connectivity index (χ4n) is 1.98. The monoisotopic (exact) mass is 226 g/mol. The lowest BCUT2D eigenvalue weighted by atomic mass is 9.93. The van der Waals surface area contributed by atoms with Crippen LogP contribution in [-0.4, -0.2) is 10.1 Å². The standard InChI is InChI=1S/C14H14N2O/c1-2-10(7-15)14(17)13-9-16-8-11-5-3-4-6-12(11)13/h3-6,8-10,14,17H,2H2,1H3. The van der Waals surface area contributed by atoms with Gasteiger partial charge in [-0.2, -0.15) is 5.26 Å². The molecule has 3 nitrogen and oxygen atoms in total. The zero-order valence-corrected chi connectivity index (χ0v) is 9.67. The van der Waals surface area contributed by atoms with Crippen molar-refractivity contribution in [1.82, 2.24) is 4.98 Å². The number of fused-ring (bicyclic) bond motifs is 1. The highest BCUT2D eigenvalue weighted by Gasteiger charge is 2.20. The number of hydrogen-bond acceptors (Lipinski definition) is 3. The Bertz CT molecular complexity index is 554. The Kier molecular flexibility index (Phi) is 3.36. The number of benzene rings is 1. The maximum atomic E-state index is 10.2. The first kappa shape index (κ1) is 11.6. The Hall–Kier alpha value is -1.92. The third-order valence-electron chi connectivity index (χ3n) is 3.00. The van der Waals surface area contributed by atoms with Gasteiger partial charge in [-0.25, -0.2) is 0 Å². The van der Waals surface area contributed by atoms with Crippen molar-refractivity contribution in [2.24, 2.45) is 5.92 Å². The first-order valence-corrected chi connectivity index (χ1v) is 5.68. The van der Waals surface area contributed by atoms with Gasteiger partial charge in [0, 0.05) is 23.3 Å². The molecule has 0 aliphatic carbocycles. The van der Waals surface area contributed by atoms with Gasteiger partial charge in [-0.1, -0.05) is 31.2 Å². The van der Waals surface area contributed by atoms with Crippen LogP contribution in [-0.2, 0) is 0 Å². The van der Waals surface area contributed by atoms with Crippen LogP contribution >= 0.6 is 0 Å². The number of hydrogen-bond donors (Lipinski definition) is 1. The molecule has 0 saturated carbocycles. The van der Waals surface area contributed by atoms with Crippen LogP contribution in [0, 0.1) is 17.2 Å². The minimum absolute atomic E-state index is 0.386. The van der Waals surface area contributed by atoms with Crippen molar-refractivity contribution in [3.05, 3.63) is 42.2 Å². The smallest absolute Gasteiger partial charge is 0.0968 e. The van der Waals surface area contributed by atoms with E-state index in [1.807, 2.05) is 31.2 Å². The van der Waals surface area contributed by atoms with E-state index in [4.69, 9.17) is 5.26 Å².